The van der Waals surface area contributed by atoms with E-state index in [4.69, 9.17) is 4.65 Å². The Balaban J connectivity index is 1.49. The van der Waals surface area contributed by atoms with Crippen LogP contribution in [0.5, 0.6) is 0 Å². The average Bonchev–Trinajstić information content (AvgIpc) is 2.93. The normalized spacial score (nSPS) is 11.9. The van der Waals surface area contributed by atoms with Gasteiger partial charge in [0.15, 0.2) is 0 Å². The van der Waals surface area contributed by atoms with Crippen molar-refractivity contribution in [3.05, 3.63) is 121 Å². The zero-order chi connectivity index (χ0) is 26.8. The van der Waals surface area contributed by atoms with Crippen molar-refractivity contribution in [2.24, 2.45) is 0 Å². The van der Waals surface area contributed by atoms with Crippen LogP contribution in [-0.2, 0) is 4.65 Å². The summed E-state index contributed by atoms with van der Waals surface area (Å²) in [6.07, 6.45) is 0. The van der Waals surface area contributed by atoms with Gasteiger partial charge in [-0.25, -0.2) is 0 Å². The Morgan fingerprint density at radius 1 is 0.579 bits per heavy atom. The molecule has 0 saturated heterocycles. The van der Waals surface area contributed by atoms with Gasteiger partial charge in [0.05, 0.1) is 11.2 Å². The van der Waals surface area contributed by atoms with E-state index in [2.05, 4.69) is 108 Å². The molecule has 1 radical (unpaired) electrons. The summed E-state index contributed by atoms with van der Waals surface area (Å²) in [5.41, 5.74) is 4.85. The molecule has 0 atom stereocenters. The highest BCUT2D eigenvalue weighted by Crippen LogP contribution is 2.36. The molecule has 0 aromatic heterocycles. The molecule has 4 heteroatoms. The molecule has 0 bridgehead atoms. The van der Waals surface area contributed by atoms with Gasteiger partial charge >= 0.3 is 7.48 Å². The average molecular weight is 498 g/mol. The van der Waals surface area contributed by atoms with E-state index in [0.717, 1.165) is 22.5 Å². The van der Waals surface area contributed by atoms with Crippen LogP contribution in [0.15, 0.2) is 121 Å². The number of fused-ring (bicyclic) bond motifs is 1. The van der Waals surface area contributed by atoms with E-state index in [1.165, 1.54) is 21.9 Å². The highest BCUT2D eigenvalue weighted by molar-refractivity contribution is 6.47. The summed E-state index contributed by atoms with van der Waals surface area (Å²) in [7, 11) is 1.72. The van der Waals surface area contributed by atoms with Crippen LogP contribution in [0, 0.1) is 0 Å². The minimum atomic E-state index is -0.970. The van der Waals surface area contributed by atoms with E-state index in [-0.39, 0.29) is 0 Å². The van der Waals surface area contributed by atoms with Crippen LogP contribution in [-0.4, -0.2) is 23.8 Å². The summed E-state index contributed by atoms with van der Waals surface area (Å²) < 4.78 is 5.96. The first kappa shape index (κ1) is 25.8. The van der Waals surface area contributed by atoms with Gasteiger partial charge in [0.2, 0.25) is 0 Å². The third-order valence-electron chi connectivity index (χ3n) is 7.34. The lowest BCUT2D eigenvalue weighted by Crippen LogP contribution is -2.49. The van der Waals surface area contributed by atoms with E-state index in [1.54, 1.807) is 21.3 Å². The standard InChI is InChI=1S/C34H33BNO2/c1-33(2,37)34(3,4)38-35-29-17-22-31(23-18-29)36(32-21-16-26-12-8-9-13-28(26)24-32)30-19-14-27(15-20-30)25-10-6-5-7-11-25/h5-24,37H,1-4H3. The molecule has 5 aromatic rings. The minimum absolute atomic E-state index is 0.719. The summed E-state index contributed by atoms with van der Waals surface area (Å²) in [5.74, 6) is 0. The summed E-state index contributed by atoms with van der Waals surface area (Å²) in [4.78, 5) is 2.27. The molecular weight excluding hydrogens is 465 g/mol. The highest BCUT2D eigenvalue weighted by Gasteiger charge is 2.35. The number of hydrogen-bond donors (Lipinski definition) is 1. The van der Waals surface area contributed by atoms with Crippen LogP contribution < -0.4 is 10.4 Å². The topological polar surface area (TPSA) is 32.7 Å². The molecule has 0 amide bonds. The molecule has 0 fully saturated rings. The predicted octanol–water partition coefficient (Wildman–Crippen LogP) is 7.79. The fourth-order valence-electron chi connectivity index (χ4n) is 4.26. The zero-order valence-electron chi connectivity index (χ0n) is 22.4. The van der Waals surface area contributed by atoms with Crippen LogP contribution in [0.3, 0.4) is 0 Å². The quantitative estimate of drug-likeness (QED) is 0.222. The number of nitrogens with zero attached hydrogens (tertiary/aromatic N) is 1. The first-order chi connectivity index (χ1) is 18.2. The van der Waals surface area contributed by atoms with E-state index in [9.17, 15) is 5.11 Å². The fourth-order valence-corrected chi connectivity index (χ4v) is 4.26. The monoisotopic (exact) mass is 498 g/mol. The minimum Gasteiger partial charge on any atom is -0.427 e. The van der Waals surface area contributed by atoms with Gasteiger partial charge in [0, 0.05) is 17.1 Å². The van der Waals surface area contributed by atoms with Gasteiger partial charge in [-0.15, -0.1) is 0 Å². The van der Waals surface area contributed by atoms with Crippen molar-refractivity contribution in [1.29, 1.82) is 0 Å². The SMILES string of the molecule is CC(C)(O)C(C)(C)O[B]c1ccc(N(c2ccc(-c3ccccc3)cc2)c2ccc3ccccc3c2)cc1. The smallest absolute Gasteiger partial charge is 0.330 e. The number of anilines is 3. The number of hydrogen-bond acceptors (Lipinski definition) is 3. The maximum Gasteiger partial charge on any atom is 0.330 e. The van der Waals surface area contributed by atoms with Gasteiger partial charge in [0.1, 0.15) is 0 Å². The molecule has 38 heavy (non-hydrogen) atoms. The van der Waals surface area contributed by atoms with E-state index in [0.29, 0.717) is 0 Å². The summed E-state index contributed by atoms with van der Waals surface area (Å²) in [6, 6.07) is 42.4. The Hall–Kier alpha value is -3.86. The third-order valence-corrected chi connectivity index (χ3v) is 7.34. The highest BCUT2D eigenvalue weighted by atomic mass is 16.5. The molecule has 3 nitrogen and oxygen atoms in total. The third kappa shape index (κ3) is 5.52. The lowest BCUT2D eigenvalue weighted by atomic mass is 9.82. The Morgan fingerprint density at radius 2 is 1.11 bits per heavy atom. The molecule has 5 rings (SSSR count). The molecule has 0 aliphatic carbocycles. The second-order valence-corrected chi connectivity index (χ2v) is 10.7. The molecule has 0 aliphatic heterocycles. The molecule has 189 valence electrons. The van der Waals surface area contributed by atoms with Crippen molar-refractivity contribution in [2.45, 2.75) is 38.9 Å². The van der Waals surface area contributed by atoms with Crippen LogP contribution in [0.25, 0.3) is 21.9 Å². The van der Waals surface area contributed by atoms with Gasteiger partial charge in [-0.3, -0.25) is 0 Å². The molecule has 0 spiro atoms. The van der Waals surface area contributed by atoms with Gasteiger partial charge in [-0.05, 0) is 86.0 Å². The Labute approximate surface area is 226 Å². The fraction of sp³-hybridized carbons (Fsp3) is 0.176. The van der Waals surface area contributed by atoms with E-state index >= 15 is 0 Å². The summed E-state index contributed by atoms with van der Waals surface area (Å²) in [6.45, 7) is 7.29. The van der Waals surface area contributed by atoms with Crippen molar-refractivity contribution in [3.63, 3.8) is 0 Å². The van der Waals surface area contributed by atoms with Crippen molar-refractivity contribution in [2.75, 3.05) is 4.90 Å². The second kappa shape index (κ2) is 10.5. The van der Waals surface area contributed by atoms with Crippen LogP contribution >= 0.6 is 0 Å². The van der Waals surface area contributed by atoms with E-state index in [1.807, 2.05) is 32.0 Å². The van der Waals surface area contributed by atoms with Crippen LogP contribution in [0.4, 0.5) is 17.1 Å². The van der Waals surface area contributed by atoms with Gasteiger partial charge < -0.3 is 14.7 Å². The number of benzene rings is 5. The lowest BCUT2D eigenvalue weighted by Gasteiger charge is -2.37. The molecule has 0 unspecified atom stereocenters. The first-order valence-electron chi connectivity index (χ1n) is 13.0. The molecule has 0 saturated carbocycles. The lowest BCUT2D eigenvalue weighted by molar-refractivity contribution is -0.0893. The summed E-state index contributed by atoms with van der Waals surface area (Å²) >= 11 is 0. The summed E-state index contributed by atoms with van der Waals surface area (Å²) in [5, 5.41) is 12.8. The van der Waals surface area contributed by atoms with E-state index < -0.39 is 11.2 Å². The van der Waals surface area contributed by atoms with Gasteiger partial charge in [0.25, 0.3) is 0 Å². The first-order valence-corrected chi connectivity index (χ1v) is 13.0. The molecule has 0 aliphatic rings. The number of rotatable bonds is 8. The van der Waals surface area contributed by atoms with Crippen molar-refractivity contribution < 1.29 is 9.76 Å². The van der Waals surface area contributed by atoms with Crippen molar-refractivity contribution in [3.8, 4) is 11.1 Å². The second-order valence-electron chi connectivity index (χ2n) is 10.7. The Morgan fingerprint density at radius 3 is 1.74 bits per heavy atom. The Bertz CT molecular complexity index is 1510. The molecule has 0 heterocycles. The van der Waals surface area contributed by atoms with Gasteiger partial charge in [-0.2, -0.15) is 0 Å². The molecule has 5 aromatic carbocycles. The maximum absolute atomic E-state index is 10.4. The molecular formula is C34H33BNO2. The number of aliphatic hydroxyl groups is 1. The van der Waals surface area contributed by atoms with Crippen molar-refractivity contribution >= 4 is 40.8 Å². The van der Waals surface area contributed by atoms with Crippen LogP contribution in [0.1, 0.15) is 27.7 Å². The maximum atomic E-state index is 10.4. The zero-order valence-corrected chi connectivity index (χ0v) is 22.4. The van der Waals surface area contributed by atoms with Crippen molar-refractivity contribution in [1.82, 2.24) is 0 Å². The molecule has 1 N–H and O–H groups in total. The largest absolute Gasteiger partial charge is 0.427 e. The Kier molecular flexibility index (Phi) is 7.12. The van der Waals surface area contributed by atoms with Crippen LogP contribution in [0.2, 0.25) is 0 Å². The van der Waals surface area contributed by atoms with Gasteiger partial charge in [-0.1, -0.05) is 90.4 Å². The predicted molar refractivity (Wildman–Crippen MR) is 161 cm³/mol.